The Kier molecular flexibility index (Phi) is 3.46. The van der Waals surface area contributed by atoms with Gasteiger partial charge in [-0.3, -0.25) is 0 Å². The molecule has 1 aliphatic rings. The van der Waals surface area contributed by atoms with Crippen molar-refractivity contribution < 1.29 is 5.11 Å². The van der Waals surface area contributed by atoms with Crippen LogP contribution in [0.1, 0.15) is 52.0 Å². The first kappa shape index (κ1) is 12.5. The average molecular weight is 232 g/mol. The van der Waals surface area contributed by atoms with E-state index in [0.29, 0.717) is 11.7 Å². The lowest BCUT2D eigenvalue weighted by atomic mass is 9.61. The van der Waals surface area contributed by atoms with E-state index in [-0.39, 0.29) is 5.41 Å². The highest BCUT2D eigenvalue weighted by Crippen LogP contribution is 2.46. The molecule has 1 saturated carbocycles. The minimum absolute atomic E-state index is 0.240. The molecule has 0 aliphatic heterocycles. The van der Waals surface area contributed by atoms with Crippen molar-refractivity contribution in [2.24, 2.45) is 11.8 Å². The lowest BCUT2D eigenvalue weighted by Crippen LogP contribution is -2.36. The highest BCUT2D eigenvalue weighted by molar-refractivity contribution is 5.33. The third-order valence-electron chi connectivity index (χ3n) is 4.93. The predicted octanol–water partition coefficient (Wildman–Crippen LogP) is 4.50. The van der Waals surface area contributed by atoms with Crippen molar-refractivity contribution in [3.05, 3.63) is 29.8 Å². The molecule has 3 atom stereocenters. The van der Waals surface area contributed by atoms with Gasteiger partial charge in [-0.1, -0.05) is 39.3 Å². The maximum atomic E-state index is 9.64. The number of rotatable bonds is 2. The first-order chi connectivity index (χ1) is 8.06. The molecule has 0 bridgehead atoms. The number of aromatic hydroxyl groups is 1. The molecule has 0 saturated heterocycles. The molecule has 3 unspecified atom stereocenters. The van der Waals surface area contributed by atoms with Crippen molar-refractivity contribution in [3.8, 4) is 5.75 Å². The van der Waals surface area contributed by atoms with Crippen molar-refractivity contribution in [3.63, 3.8) is 0 Å². The van der Waals surface area contributed by atoms with E-state index in [4.69, 9.17) is 0 Å². The quantitative estimate of drug-likeness (QED) is 0.796. The van der Waals surface area contributed by atoms with Gasteiger partial charge >= 0.3 is 0 Å². The van der Waals surface area contributed by atoms with E-state index in [1.807, 2.05) is 12.1 Å². The summed E-state index contributed by atoms with van der Waals surface area (Å²) in [5.74, 6) is 1.99. The van der Waals surface area contributed by atoms with Gasteiger partial charge < -0.3 is 5.11 Å². The van der Waals surface area contributed by atoms with Crippen LogP contribution < -0.4 is 0 Å². The summed E-state index contributed by atoms with van der Waals surface area (Å²) in [6.45, 7) is 7.03. The molecule has 0 spiro atoms. The SMILES string of the molecule is CCC1CCC(C)(c2cccc(O)c2)C(C)C1. The summed E-state index contributed by atoms with van der Waals surface area (Å²) < 4.78 is 0. The van der Waals surface area contributed by atoms with E-state index in [2.05, 4.69) is 26.8 Å². The van der Waals surface area contributed by atoms with Crippen LogP contribution in [0.4, 0.5) is 0 Å². The Morgan fingerprint density at radius 3 is 2.76 bits per heavy atom. The minimum atomic E-state index is 0.240. The summed E-state index contributed by atoms with van der Waals surface area (Å²) in [5.41, 5.74) is 1.55. The van der Waals surface area contributed by atoms with Crippen molar-refractivity contribution in [2.45, 2.75) is 51.9 Å². The molecule has 1 aliphatic carbocycles. The monoisotopic (exact) mass is 232 g/mol. The zero-order valence-corrected chi connectivity index (χ0v) is 11.2. The second-order valence-corrected chi connectivity index (χ2v) is 5.92. The molecule has 1 aromatic carbocycles. The molecule has 0 radical (unpaired) electrons. The van der Waals surface area contributed by atoms with Gasteiger partial charge in [-0.2, -0.15) is 0 Å². The first-order valence-corrected chi connectivity index (χ1v) is 6.85. The summed E-state index contributed by atoms with van der Waals surface area (Å²) in [6.07, 6.45) is 5.20. The number of hydrogen-bond donors (Lipinski definition) is 1. The second kappa shape index (κ2) is 4.72. The summed E-state index contributed by atoms with van der Waals surface area (Å²) in [4.78, 5) is 0. The van der Waals surface area contributed by atoms with Crippen molar-refractivity contribution in [2.75, 3.05) is 0 Å². The maximum Gasteiger partial charge on any atom is 0.115 e. The molecule has 1 aromatic rings. The molecule has 2 rings (SSSR count). The van der Waals surface area contributed by atoms with Gasteiger partial charge in [-0.25, -0.2) is 0 Å². The fourth-order valence-electron chi connectivity index (χ4n) is 3.29. The summed E-state index contributed by atoms with van der Waals surface area (Å²) >= 11 is 0. The van der Waals surface area contributed by atoms with Crippen LogP contribution in [-0.2, 0) is 5.41 Å². The largest absolute Gasteiger partial charge is 0.508 e. The Morgan fingerprint density at radius 2 is 2.18 bits per heavy atom. The predicted molar refractivity (Wildman–Crippen MR) is 72.3 cm³/mol. The van der Waals surface area contributed by atoms with Gasteiger partial charge in [0.2, 0.25) is 0 Å². The van der Waals surface area contributed by atoms with Crippen LogP contribution in [0.5, 0.6) is 5.75 Å². The van der Waals surface area contributed by atoms with Crippen molar-refractivity contribution >= 4 is 0 Å². The lowest BCUT2D eigenvalue weighted by Gasteiger charge is -2.43. The summed E-state index contributed by atoms with van der Waals surface area (Å²) in [5, 5.41) is 9.64. The van der Waals surface area contributed by atoms with E-state index in [9.17, 15) is 5.11 Å². The second-order valence-electron chi connectivity index (χ2n) is 5.92. The standard InChI is InChI=1S/C16H24O/c1-4-13-8-9-16(3,12(2)10-13)14-6-5-7-15(17)11-14/h5-7,11-13,17H,4,8-10H2,1-3H3. The molecular weight excluding hydrogens is 208 g/mol. The Bertz CT molecular complexity index is 385. The molecular formula is C16H24O. The van der Waals surface area contributed by atoms with Gasteiger partial charge in [0.15, 0.2) is 0 Å². The topological polar surface area (TPSA) is 20.2 Å². The molecule has 1 fully saturated rings. The van der Waals surface area contributed by atoms with E-state index >= 15 is 0 Å². The Hall–Kier alpha value is -0.980. The highest BCUT2D eigenvalue weighted by Gasteiger charge is 2.38. The van der Waals surface area contributed by atoms with Crippen molar-refractivity contribution in [1.29, 1.82) is 0 Å². The Balaban J connectivity index is 2.25. The number of benzene rings is 1. The zero-order valence-electron chi connectivity index (χ0n) is 11.2. The lowest BCUT2D eigenvalue weighted by molar-refractivity contribution is 0.164. The van der Waals surface area contributed by atoms with Crippen LogP contribution in [0.3, 0.4) is 0 Å². The smallest absolute Gasteiger partial charge is 0.115 e. The molecule has 1 nitrogen and oxygen atoms in total. The molecule has 17 heavy (non-hydrogen) atoms. The van der Waals surface area contributed by atoms with E-state index in [0.717, 1.165) is 5.92 Å². The fraction of sp³-hybridized carbons (Fsp3) is 0.625. The molecule has 1 N–H and O–H groups in total. The zero-order chi connectivity index (χ0) is 12.5. The molecule has 0 aromatic heterocycles. The highest BCUT2D eigenvalue weighted by atomic mass is 16.3. The number of hydrogen-bond acceptors (Lipinski definition) is 1. The maximum absolute atomic E-state index is 9.64. The molecule has 0 amide bonds. The third-order valence-corrected chi connectivity index (χ3v) is 4.93. The van der Waals surface area contributed by atoms with Crippen LogP contribution in [0.25, 0.3) is 0 Å². The van der Waals surface area contributed by atoms with Crippen LogP contribution in [0, 0.1) is 11.8 Å². The van der Waals surface area contributed by atoms with E-state index in [1.54, 1.807) is 6.07 Å². The normalized spacial score (nSPS) is 33.6. The Labute approximate surface area is 105 Å². The molecule has 1 heteroatoms. The van der Waals surface area contributed by atoms with E-state index in [1.165, 1.54) is 31.2 Å². The van der Waals surface area contributed by atoms with Gasteiger partial charge in [-0.15, -0.1) is 0 Å². The molecule has 94 valence electrons. The van der Waals surface area contributed by atoms with Crippen LogP contribution >= 0.6 is 0 Å². The first-order valence-electron chi connectivity index (χ1n) is 6.85. The Morgan fingerprint density at radius 1 is 1.41 bits per heavy atom. The minimum Gasteiger partial charge on any atom is -0.508 e. The van der Waals surface area contributed by atoms with Gasteiger partial charge in [0, 0.05) is 0 Å². The van der Waals surface area contributed by atoms with E-state index < -0.39 is 0 Å². The molecule has 0 heterocycles. The van der Waals surface area contributed by atoms with Gasteiger partial charge in [0.05, 0.1) is 0 Å². The average Bonchev–Trinajstić information content (AvgIpc) is 2.33. The van der Waals surface area contributed by atoms with Gasteiger partial charge in [-0.05, 0) is 54.2 Å². The van der Waals surface area contributed by atoms with Crippen molar-refractivity contribution in [1.82, 2.24) is 0 Å². The number of phenols is 1. The van der Waals surface area contributed by atoms with Gasteiger partial charge in [0.1, 0.15) is 5.75 Å². The van der Waals surface area contributed by atoms with Crippen LogP contribution in [-0.4, -0.2) is 5.11 Å². The number of phenolic OH excluding ortho intramolecular Hbond substituents is 1. The summed E-state index contributed by atoms with van der Waals surface area (Å²) in [7, 11) is 0. The fourth-order valence-corrected chi connectivity index (χ4v) is 3.29. The summed E-state index contributed by atoms with van der Waals surface area (Å²) in [6, 6.07) is 7.84. The van der Waals surface area contributed by atoms with Crippen LogP contribution in [0.15, 0.2) is 24.3 Å². The van der Waals surface area contributed by atoms with Gasteiger partial charge in [0.25, 0.3) is 0 Å². The van der Waals surface area contributed by atoms with Crippen LogP contribution in [0.2, 0.25) is 0 Å². The third kappa shape index (κ3) is 2.34.